The van der Waals surface area contributed by atoms with E-state index in [2.05, 4.69) is 5.48 Å². The van der Waals surface area contributed by atoms with Crippen molar-refractivity contribution in [2.24, 2.45) is 5.92 Å². The summed E-state index contributed by atoms with van der Waals surface area (Å²) in [7, 11) is 0. The van der Waals surface area contributed by atoms with Crippen LogP contribution in [0.2, 0.25) is 0 Å². The highest BCUT2D eigenvalue weighted by molar-refractivity contribution is 5.72. The van der Waals surface area contributed by atoms with E-state index < -0.39 is 5.60 Å². The molecule has 0 spiro atoms. The predicted octanol–water partition coefficient (Wildman–Crippen LogP) is 1.79. The van der Waals surface area contributed by atoms with E-state index in [0.717, 1.165) is 0 Å². The first-order valence-electron chi connectivity index (χ1n) is 7.06. The zero-order chi connectivity index (χ0) is 14.5. The quantitative estimate of drug-likeness (QED) is 0.590. The minimum atomic E-state index is -0.783. The molecular formula is C14H27NO4. The van der Waals surface area contributed by atoms with Crippen molar-refractivity contribution in [3.63, 3.8) is 0 Å². The lowest BCUT2D eigenvalue weighted by atomic mass is 9.79. The largest absolute Gasteiger partial charge is 0.466 e. The van der Waals surface area contributed by atoms with Gasteiger partial charge in [0.2, 0.25) is 0 Å². The highest BCUT2D eigenvalue weighted by atomic mass is 16.7. The Hall–Kier alpha value is -0.650. The van der Waals surface area contributed by atoms with E-state index in [9.17, 15) is 9.90 Å². The number of carbonyl (C=O) groups excluding carboxylic acids is 1. The second kappa shape index (κ2) is 6.68. The topological polar surface area (TPSA) is 67.8 Å². The second-order valence-electron chi connectivity index (χ2n) is 6.29. The molecule has 1 saturated carbocycles. The van der Waals surface area contributed by atoms with Crippen LogP contribution in [-0.2, 0) is 14.4 Å². The lowest BCUT2D eigenvalue weighted by Gasteiger charge is -2.35. The number of ether oxygens (including phenoxy) is 1. The van der Waals surface area contributed by atoms with Crippen molar-refractivity contribution in [2.45, 2.75) is 64.6 Å². The number of aliphatic hydroxyl groups is 1. The predicted molar refractivity (Wildman–Crippen MR) is 72.4 cm³/mol. The van der Waals surface area contributed by atoms with Gasteiger partial charge in [-0.3, -0.25) is 9.63 Å². The van der Waals surface area contributed by atoms with Gasteiger partial charge in [-0.25, -0.2) is 0 Å². The third-order valence-corrected chi connectivity index (χ3v) is 3.32. The molecule has 0 bridgehead atoms. The Labute approximate surface area is 115 Å². The summed E-state index contributed by atoms with van der Waals surface area (Å²) < 4.78 is 5.01. The number of hydrogen-bond donors (Lipinski definition) is 2. The Morgan fingerprint density at radius 2 is 1.95 bits per heavy atom. The second-order valence-corrected chi connectivity index (χ2v) is 6.29. The lowest BCUT2D eigenvalue weighted by molar-refractivity contribution is -0.152. The van der Waals surface area contributed by atoms with Crippen molar-refractivity contribution in [3.05, 3.63) is 0 Å². The monoisotopic (exact) mass is 273 g/mol. The van der Waals surface area contributed by atoms with Crippen LogP contribution in [-0.4, -0.2) is 35.4 Å². The highest BCUT2D eigenvalue weighted by Gasteiger charge is 2.36. The summed E-state index contributed by atoms with van der Waals surface area (Å²) in [4.78, 5) is 17.0. The molecule has 1 aliphatic rings. The number of esters is 1. The number of rotatable bonds is 5. The third kappa shape index (κ3) is 5.89. The van der Waals surface area contributed by atoms with Crippen LogP contribution in [0.3, 0.4) is 0 Å². The van der Waals surface area contributed by atoms with E-state index in [1.165, 1.54) is 0 Å². The van der Waals surface area contributed by atoms with Crippen LogP contribution < -0.4 is 5.48 Å². The van der Waals surface area contributed by atoms with Crippen LogP contribution in [0, 0.1) is 5.92 Å². The molecule has 0 aromatic heterocycles. The molecule has 0 aromatic carbocycles. The molecule has 112 valence electrons. The summed E-state index contributed by atoms with van der Waals surface area (Å²) in [5.41, 5.74) is 1.78. The first-order valence-corrected chi connectivity index (χ1v) is 7.06. The van der Waals surface area contributed by atoms with E-state index in [1.54, 1.807) is 0 Å². The molecule has 0 saturated heterocycles. The van der Waals surface area contributed by atoms with Crippen molar-refractivity contribution in [3.8, 4) is 0 Å². The fourth-order valence-electron chi connectivity index (χ4n) is 2.21. The fraction of sp³-hybridized carbons (Fsp3) is 0.929. The van der Waals surface area contributed by atoms with E-state index in [1.807, 2.05) is 27.7 Å². The van der Waals surface area contributed by atoms with Gasteiger partial charge in [0.25, 0.3) is 0 Å². The maximum atomic E-state index is 11.6. The maximum absolute atomic E-state index is 11.6. The number of hydroxylamine groups is 1. The van der Waals surface area contributed by atoms with E-state index in [0.29, 0.717) is 38.8 Å². The van der Waals surface area contributed by atoms with Gasteiger partial charge in [-0.1, -0.05) is 0 Å². The first kappa shape index (κ1) is 16.4. The van der Waals surface area contributed by atoms with Gasteiger partial charge in [0.05, 0.1) is 23.7 Å². The van der Waals surface area contributed by atoms with E-state index in [-0.39, 0.29) is 17.5 Å². The van der Waals surface area contributed by atoms with E-state index in [4.69, 9.17) is 9.57 Å². The highest BCUT2D eigenvalue weighted by Crippen LogP contribution is 2.32. The van der Waals surface area contributed by atoms with Crippen molar-refractivity contribution in [1.29, 1.82) is 0 Å². The molecule has 1 fully saturated rings. The van der Waals surface area contributed by atoms with Gasteiger partial charge in [-0.05, 0) is 53.4 Å². The molecule has 5 heteroatoms. The zero-order valence-corrected chi connectivity index (χ0v) is 12.5. The minimum absolute atomic E-state index is 0.0660. The van der Waals surface area contributed by atoms with Crippen molar-refractivity contribution < 1.29 is 19.5 Å². The summed E-state index contributed by atoms with van der Waals surface area (Å²) in [6, 6.07) is 0. The van der Waals surface area contributed by atoms with Gasteiger partial charge >= 0.3 is 5.97 Å². The van der Waals surface area contributed by atoms with Crippen molar-refractivity contribution in [1.82, 2.24) is 5.48 Å². The zero-order valence-electron chi connectivity index (χ0n) is 12.5. The molecule has 0 atom stereocenters. The molecule has 5 nitrogen and oxygen atoms in total. The Balaban J connectivity index is 2.33. The lowest BCUT2D eigenvalue weighted by Crippen LogP contribution is -2.46. The van der Waals surface area contributed by atoms with Crippen LogP contribution in [0.25, 0.3) is 0 Å². The Bertz CT molecular complexity index is 290. The molecule has 0 aromatic rings. The van der Waals surface area contributed by atoms with Crippen LogP contribution in [0.5, 0.6) is 0 Å². The van der Waals surface area contributed by atoms with Gasteiger partial charge in [-0.15, -0.1) is 0 Å². The molecule has 0 unspecified atom stereocenters. The van der Waals surface area contributed by atoms with Crippen LogP contribution in [0.4, 0.5) is 0 Å². The van der Waals surface area contributed by atoms with Gasteiger partial charge < -0.3 is 9.84 Å². The summed E-state index contributed by atoms with van der Waals surface area (Å²) in [6.07, 6.45) is 2.53. The number of carbonyl (C=O) groups is 1. The molecule has 1 aliphatic carbocycles. The Morgan fingerprint density at radius 1 is 1.37 bits per heavy atom. The summed E-state index contributed by atoms with van der Waals surface area (Å²) in [5, 5.41) is 10.4. The molecule has 19 heavy (non-hydrogen) atoms. The maximum Gasteiger partial charge on any atom is 0.308 e. The molecule has 0 amide bonds. The minimum Gasteiger partial charge on any atom is -0.466 e. The van der Waals surface area contributed by atoms with Crippen LogP contribution in [0.1, 0.15) is 53.4 Å². The van der Waals surface area contributed by atoms with Crippen molar-refractivity contribution in [2.75, 3.05) is 13.2 Å². The standard InChI is InChI=1S/C14H27NO4/c1-5-18-12(16)11-6-8-14(17,9-7-11)10-15-19-13(2,3)4/h11,15,17H,5-10H2,1-4H3. The van der Waals surface area contributed by atoms with Gasteiger partial charge in [-0.2, -0.15) is 5.48 Å². The molecule has 0 radical (unpaired) electrons. The number of nitrogens with one attached hydrogen (secondary N) is 1. The Morgan fingerprint density at radius 3 is 2.42 bits per heavy atom. The average molecular weight is 273 g/mol. The van der Waals surface area contributed by atoms with Gasteiger partial charge in [0, 0.05) is 6.54 Å². The summed E-state index contributed by atoms with van der Waals surface area (Å²) >= 11 is 0. The molecule has 2 N–H and O–H groups in total. The average Bonchev–Trinajstić information content (AvgIpc) is 2.28. The third-order valence-electron chi connectivity index (χ3n) is 3.32. The SMILES string of the molecule is CCOC(=O)C1CCC(O)(CNOC(C)(C)C)CC1. The first-order chi connectivity index (χ1) is 8.76. The van der Waals surface area contributed by atoms with Gasteiger partial charge in [0.15, 0.2) is 0 Å². The molecule has 0 aliphatic heterocycles. The smallest absolute Gasteiger partial charge is 0.308 e. The van der Waals surface area contributed by atoms with Crippen molar-refractivity contribution >= 4 is 5.97 Å². The van der Waals surface area contributed by atoms with Gasteiger partial charge in [0.1, 0.15) is 0 Å². The molecular weight excluding hydrogens is 246 g/mol. The summed E-state index contributed by atoms with van der Waals surface area (Å²) in [6.45, 7) is 8.45. The van der Waals surface area contributed by atoms with Crippen LogP contribution in [0.15, 0.2) is 0 Å². The fourth-order valence-corrected chi connectivity index (χ4v) is 2.21. The summed E-state index contributed by atoms with van der Waals surface area (Å²) in [5.74, 6) is -0.202. The number of hydrogen-bond acceptors (Lipinski definition) is 5. The molecule has 1 rings (SSSR count). The van der Waals surface area contributed by atoms with Crippen LogP contribution >= 0.6 is 0 Å². The Kier molecular flexibility index (Phi) is 5.77. The molecule has 0 heterocycles. The normalized spacial score (nSPS) is 28.2. The van der Waals surface area contributed by atoms with E-state index >= 15 is 0 Å².